The van der Waals surface area contributed by atoms with Crippen LogP contribution in [0.4, 0.5) is 0 Å². The molecule has 1 aliphatic heterocycles. The molecule has 196 valence electrons. The summed E-state index contributed by atoms with van der Waals surface area (Å²) < 4.78 is 0. The molecule has 3 rings (SSSR count). The number of H-pyrrole nitrogens is 1. The average Bonchev–Trinajstić information content (AvgIpc) is 3.48. The van der Waals surface area contributed by atoms with E-state index in [0.29, 0.717) is 12.8 Å². The van der Waals surface area contributed by atoms with Gasteiger partial charge in [0.25, 0.3) is 0 Å². The highest BCUT2D eigenvalue weighted by Gasteiger charge is 2.39. The number of nitrogens with one attached hydrogen (secondary N) is 3. The van der Waals surface area contributed by atoms with Gasteiger partial charge in [-0.25, -0.2) is 4.79 Å². The molecule has 0 saturated carbocycles. The van der Waals surface area contributed by atoms with Crippen LogP contribution < -0.4 is 16.4 Å². The molecule has 1 saturated heterocycles. The van der Waals surface area contributed by atoms with Crippen LogP contribution in [0.2, 0.25) is 0 Å². The molecule has 5 unspecified atom stereocenters. The number of fused-ring (bicyclic) bond motifs is 1. The van der Waals surface area contributed by atoms with Crippen molar-refractivity contribution >= 4 is 34.6 Å². The molecule has 0 bridgehead atoms. The van der Waals surface area contributed by atoms with E-state index in [0.717, 1.165) is 16.5 Å². The molecule has 2 aromatic rings. The zero-order valence-corrected chi connectivity index (χ0v) is 20.7. The second-order valence-corrected chi connectivity index (χ2v) is 9.65. The summed E-state index contributed by atoms with van der Waals surface area (Å²) in [7, 11) is 0. The number of carbonyl (C=O) groups excluding carboxylic acids is 3. The van der Waals surface area contributed by atoms with Crippen LogP contribution in [0.15, 0.2) is 30.5 Å². The maximum absolute atomic E-state index is 13.6. The van der Waals surface area contributed by atoms with Crippen molar-refractivity contribution in [2.75, 3.05) is 6.54 Å². The number of aromatic amines is 1. The van der Waals surface area contributed by atoms with E-state index in [2.05, 4.69) is 15.6 Å². The molecule has 1 aromatic carbocycles. The first-order valence-electron chi connectivity index (χ1n) is 12.1. The summed E-state index contributed by atoms with van der Waals surface area (Å²) in [5.74, 6) is -3.22. The van der Waals surface area contributed by atoms with E-state index in [4.69, 9.17) is 5.73 Å². The van der Waals surface area contributed by atoms with Gasteiger partial charge in [0.1, 0.15) is 24.2 Å². The first-order valence-corrected chi connectivity index (χ1v) is 12.1. The number of carbonyl (C=O) groups is 4. The topological polar surface area (TPSA) is 178 Å². The van der Waals surface area contributed by atoms with Crippen molar-refractivity contribution in [1.82, 2.24) is 20.5 Å². The van der Waals surface area contributed by atoms with Crippen molar-refractivity contribution in [2.24, 2.45) is 11.7 Å². The predicted molar refractivity (Wildman–Crippen MR) is 133 cm³/mol. The van der Waals surface area contributed by atoms with Crippen LogP contribution in [0, 0.1) is 5.92 Å². The lowest BCUT2D eigenvalue weighted by Crippen LogP contribution is -2.59. The fourth-order valence-electron chi connectivity index (χ4n) is 4.47. The smallest absolute Gasteiger partial charge is 0.326 e. The number of rotatable bonds is 10. The number of likely N-dealkylation sites (tertiary alicyclic amines) is 1. The van der Waals surface area contributed by atoms with Gasteiger partial charge < -0.3 is 36.5 Å². The van der Waals surface area contributed by atoms with Crippen LogP contribution >= 0.6 is 0 Å². The molecular formula is C25H35N5O6. The zero-order valence-electron chi connectivity index (χ0n) is 20.7. The predicted octanol–water partition coefficient (Wildman–Crippen LogP) is 0.120. The van der Waals surface area contributed by atoms with Crippen LogP contribution in [0.25, 0.3) is 10.9 Å². The van der Waals surface area contributed by atoms with Crippen molar-refractivity contribution in [3.8, 4) is 0 Å². The van der Waals surface area contributed by atoms with Crippen molar-refractivity contribution in [3.63, 3.8) is 0 Å². The fraction of sp³-hybridized carbons (Fsp3) is 0.520. The number of aliphatic hydroxyl groups is 1. The Morgan fingerprint density at radius 1 is 1.14 bits per heavy atom. The van der Waals surface area contributed by atoms with Gasteiger partial charge in [0, 0.05) is 30.1 Å². The number of hydrogen-bond donors (Lipinski definition) is 6. The Labute approximate surface area is 209 Å². The third-order valence-electron chi connectivity index (χ3n) is 6.60. The fourth-order valence-corrected chi connectivity index (χ4v) is 4.47. The van der Waals surface area contributed by atoms with Gasteiger partial charge in [-0.3, -0.25) is 14.4 Å². The Bertz CT molecular complexity index is 1110. The summed E-state index contributed by atoms with van der Waals surface area (Å²) in [5, 5.41) is 25.4. The highest BCUT2D eigenvalue weighted by atomic mass is 16.4. The first kappa shape index (κ1) is 27.2. The maximum Gasteiger partial charge on any atom is 0.326 e. The molecule has 0 radical (unpaired) electrons. The minimum absolute atomic E-state index is 0.128. The normalized spacial score (nSPS) is 19.1. The van der Waals surface area contributed by atoms with Crippen LogP contribution in [-0.2, 0) is 25.6 Å². The highest BCUT2D eigenvalue weighted by Crippen LogP contribution is 2.23. The Morgan fingerprint density at radius 2 is 1.83 bits per heavy atom. The van der Waals surface area contributed by atoms with E-state index in [1.54, 1.807) is 20.0 Å². The SMILES string of the molecule is CC(C)C(NC(=O)C(N)C(C)O)C(=O)NC(Cc1c[nH]c2ccccc12)C(=O)N1CCCC1C(=O)O. The molecule has 0 aliphatic carbocycles. The lowest BCUT2D eigenvalue weighted by molar-refractivity contribution is -0.149. The Kier molecular flexibility index (Phi) is 8.70. The third kappa shape index (κ3) is 6.03. The Balaban J connectivity index is 1.87. The molecule has 11 heteroatoms. The van der Waals surface area contributed by atoms with Crippen molar-refractivity contribution in [1.29, 1.82) is 0 Å². The number of amides is 3. The third-order valence-corrected chi connectivity index (χ3v) is 6.60. The molecule has 5 atom stereocenters. The molecule has 36 heavy (non-hydrogen) atoms. The summed E-state index contributed by atoms with van der Waals surface area (Å²) in [5.41, 5.74) is 7.37. The van der Waals surface area contributed by atoms with Gasteiger partial charge in [-0.15, -0.1) is 0 Å². The van der Waals surface area contributed by atoms with E-state index in [9.17, 15) is 29.4 Å². The van der Waals surface area contributed by atoms with E-state index < -0.39 is 54.0 Å². The molecule has 11 nitrogen and oxygen atoms in total. The van der Waals surface area contributed by atoms with E-state index in [1.807, 2.05) is 24.3 Å². The van der Waals surface area contributed by atoms with Crippen molar-refractivity contribution in [2.45, 2.75) is 70.3 Å². The molecule has 3 amide bonds. The largest absolute Gasteiger partial charge is 0.480 e. The number of nitrogens with two attached hydrogens (primary N) is 1. The molecule has 1 fully saturated rings. The minimum Gasteiger partial charge on any atom is -0.480 e. The summed E-state index contributed by atoms with van der Waals surface area (Å²) in [6.07, 6.45) is 1.68. The number of carboxylic acids is 1. The average molecular weight is 502 g/mol. The first-order chi connectivity index (χ1) is 17.0. The van der Waals surface area contributed by atoms with Gasteiger partial charge in [0.15, 0.2) is 0 Å². The molecule has 2 heterocycles. The van der Waals surface area contributed by atoms with Crippen LogP contribution in [0.1, 0.15) is 39.2 Å². The highest BCUT2D eigenvalue weighted by molar-refractivity contribution is 5.95. The van der Waals surface area contributed by atoms with Gasteiger partial charge in [-0.05, 0) is 37.3 Å². The maximum atomic E-state index is 13.6. The summed E-state index contributed by atoms with van der Waals surface area (Å²) in [6, 6.07) is 3.29. The number of para-hydroxylation sites is 1. The van der Waals surface area contributed by atoms with Crippen LogP contribution in [-0.4, -0.2) is 80.6 Å². The second kappa shape index (κ2) is 11.5. The van der Waals surface area contributed by atoms with Crippen LogP contribution in [0.5, 0.6) is 0 Å². The van der Waals surface area contributed by atoms with Gasteiger partial charge >= 0.3 is 5.97 Å². The summed E-state index contributed by atoms with van der Waals surface area (Å²) in [6.45, 7) is 5.12. The number of carboxylic acid groups (broad SMARTS) is 1. The van der Waals surface area contributed by atoms with E-state index in [1.165, 1.54) is 11.8 Å². The van der Waals surface area contributed by atoms with Gasteiger partial charge in [0.05, 0.1) is 6.10 Å². The summed E-state index contributed by atoms with van der Waals surface area (Å²) in [4.78, 5) is 55.5. The number of benzene rings is 1. The second-order valence-electron chi connectivity index (χ2n) is 9.65. The monoisotopic (exact) mass is 501 g/mol. The number of aliphatic hydroxyl groups excluding tert-OH is 1. The standard InChI is InChI=1S/C25H35N5O6/c1-13(2)21(29-22(32)20(26)14(3)31)23(33)28-18(24(34)30-10-6-9-19(30)25(35)36)11-15-12-27-17-8-5-4-7-16(15)17/h4-5,7-8,12-14,18-21,27,31H,6,9-11,26H2,1-3H3,(H,28,33)(H,29,32)(H,35,36). The van der Waals surface area contributed by atoms with E-state index in [-0.39, 0.29) is 18.9 Å². The van der Waals surface area contributed by atoms with Crippen molar-refractivity contribution in [3.05, 3.63) is 36.0 Å². The van der Waals surface area contributed by atoms with Gasteiger partial charge in [0.2, 0.25) is 17.7 Å². The molecule has 1 aliphatic rings. The molecular weight excluding hydrogens is 466 g/mol. The zero-order chi connectivity index (χ0) is 26.6. The van der Waals surface area contributed by atoms with E-state index >= 15 is 0 Å². The Morgan fingerprint density at radius 3 is 2.47 bits per heavy atom. The van der Waals surface area contributed by atoms with Crippen LogP contribution in [0.3, 0.4) is 0 Å². The number of aliphatic carboxylic acids is 1. The summed E-state index contributed by atoms with van der Waals surface area (Å²) >= 11 is 0. The quantitative estimate of drug-likeness (QED) is 0.268. The van der Waals surface area contributed by atoms with Gasteiger partial charge in [-0.2, -0.15) is 0 Å². The molecule has 0 spiro atoms. The molecule has 1 aromatic heterocycles. The minimum atomic E-state index is -1.22. The van der Waals surface area contributed by atoms with Crippen molar-refractivity contribution < 1.29 is 29.4 Å². The number of aromatic nitrogens is 1. The number of nitrogens with zero attached hydrogens (tertiary/aromatic N) is 1. The van der Waals surface area contributed by atoms with Gasteiger partial charge in [-0.1, -0.05) is 32.0 Å². The lowest BCUT2D eigenvalue weighted by atomic mass is 9.99. The lowest BCUT2D eigenvalue weighted by Gasteiger charge is -2.30. The molecule has 7 N–H and O–H groups in total. The number of hydrogen-bond acceptors (Lipinski definition) is 6. The Hall–Kier alpha value is -3.44.